The summed E-state index contributed by atoms with van der Waals surface area (Å²) in [5, 5.41) is 14.5. The van der Waals surface area contributed by atoms with Crippen molar-refractivity contribution in [3.05, 3.63) is 45.0 Å². The third-order valence-corrected chi connectivity index (χ3v) is 5.08. The maximum atomic E-state index is 12.7. The predicted octanol–water partition coefficient (Wildman–Crippen LogP) is 2.33. The normalized spacial score (nSPS) is 15.3. The van der Waals surface area contributed by atoms with Crippen molar-refractivity contribution < 1.29 is 24.2 Å². The van der Waals surface area contributed by atoms with Crippen molar-refractivity contribution in [3.63, 3.8) is 0 Å². The van der Waals surface area contributed by atoms with Crippen LogP contribution in [0.4, 0.5) is 0 Å². The number of aliphatic carboxylic acids is 1. The number of rotatable bonds is 6. The van der Waals surface area contributed by atoms with Crippen molar-refractivity contribution in [3.8, 4) is 0 Å². The fourth-order valence-electron chi connectivity index (χ4n) is 2.90. The van der Waals surface area contributed by atoms with E-state index in [-0.39, 0.29) is 34.0 Å². The molecule has 0 saturated heterocycles. The lowest BCUT2D eigenvalue weighted by atomic mass is 9.90. The number of methoxy groups -OCH3 is 1. The number of esters is 1. The highest BCUT2D eigenvalue weighted by molar-refractivity contribution is 6.42. The number of hydrogen-bond acceptors (Lipinski definition) is 5. The summed E-state index contributed by atoms with van der Waals surface area (Å²) < 4.78 is 4.68. The van der Waals surface area contributed by atoms with Crippen LogP contribution in [0.3, 0.4) is 0 Å². The first-order valence-electron chi connectivity index (χ1n) is 8.10. The van der Waals surface area contributed by atoms with Gasteiger partial charge in [0.2, 0.25) is 5.91 Å². The van der Waals surface area contributed by atoms with E-state index in [1.54, 1.807) is 18.2 Å². The molecule has 0 fully saturated rings. The first kappa shape index (κ1) is 20.3. The quantitative estimate of drug-likeness (QED) is 0.741. The molecule has 0 bridgehead atoms. The Hall–Kier alpha value is -2.05. The number of benzene rings is 1. The number of carbonyl (C=O) groups excluding carboxylic acids is 3. The van der Waals surface area contributed by atoms with E-state index >= 15 is 0 Å². The smallest absolute Gasteiger partial charge is 0.307 e. The number of ether oxygens (including phenoxy) is 1. The Morgan fingerprint density at radius 3 is 2.46 bits per heavy atom. The largest absolute Gasteiger partial charge is 0.545 e. The van der Waals surface area contributed by atoms with Crippen LogP contribution in [0.15, 0.2) is 29.3 Å². The number of carbonyl (C=O) groups is 3. The van der Waals surface area contributed by atoms with Crippen LogP contribution in [-0.2, 0) is 19.1 Å². The molecule has 1 aromatic carbocycles. The van der Waals surface area contributed by atoms with Crippen molar-refractivity contribution >= 4 is 41.0 Å². The van der Waals surface area contributed by atoms with Crippen molar-refractivity contribution in [1.82, 2.24) is 5.32 Å². The van der Waals surface area contributed by atoms with E-state index in [2.05, 4.69) is 10.1 Å². The SMILES string of the molecule is COC(=O)C[C@@H](NC(=O)C1=C(C(=O)[O-])CCCC1)c1cccc(Cl)c1Cl. The van der Waals surface area contributed by atoms with Gasteiger partial charge in [0.05, 0.1) is 35.6 Å². The zero-order valence-corrected chi connectivity index (χ0v) is 15.7. The van der Waals surface area contributed by atoms with Crippen LogP contribution in [-0.4, -0.2) is 25.0 Å². The minimum absolute atomic E-state index is 0.00255. The Bertz CT molecular complexity index is 760. The summed E-state index contributed by atoms with van der Waals surface area (Å²) in [6, 6.07) is 4.06. The number of halogens is 2. The summed E-state index contributed by atoms with van der Waals surface area (Å²) in [5.41, 5.74) is 0.622. The minimum Gasteiger partial charge on any atom is -0.545 e. The Morgan fingerprint density at radius 1 is 1.19 bits per heavy atom. The van der Waals surface area contributed by atoms with Gasteiger partial charge in [-0.15, -0.1) is 0 Å². The minimum atomic E-state index is -1.35. The summed E-state index contributed by atoms with van der Waals surface area (Å²) in [6.07, 6.45) is 1.84. The summed E-state index contributed by atoms with van der Waals surface area (Å²) in [6.45, 7) is 0. The van der Waals surface area contributed by atoms with E-state index in [1.807, 2.05) is 0 Å². The maximum Gasteiger partial charge on any atom is 0.307 e. The molecule has 26 heavy (non-hydrogen) atoms. The molecule has 1 aliphatic carbocycles. The van der Waals surface area contributed by atoms with Gasteiger partial charge in [0.1, 0.15) is 0 Å². The van der Waals surface area contributed by atoms with Gasteiger partial charge >= 0.3 is 5.97 Å². The number of carboxylic acids is 1. The second-order valence-electron chi connectivity index (χ2n) is 5.90. The van der Waals surface area contributed by atoms with E-state index in [0.717, 1.165) is 0 Å². The molecule has 0 unspecified atom stereocenters. The highest BCUT2D eigenvalue weighted by Gasteiger charge is 2.26. The lowest BCUT2D eigenvalue weighted by molar-refractivity contribution is -0.299. The third kappa shape index (κ3) is 4.77. The van der Waals surface area contributed by atoms with Crippen LogP contribution in [0.1, 0.15) is 43.7 Å². The van der Waals surface area contributed by atoms with Crippen LogP contribution < -0.4 is 10.4 Å². The molecular weight excluding hydrogens is 381 g/mol. The number of hydrogen-bond donors (Lipinski definition) is 1. The van der Waals surface area contributed by atoms with Crippen LogP contribution in [0.2, 0.25) is 10.0 Å². The van der Waals surface area contributed by atoms with E-state index in [4.69, 9.17) is 23.2 Å². The van der Waals surface area contributed by atoms with Gasteiger partial charge < -0.3 is 20.0 Å². The van der Waals surface area contributed by atoms with Crippen molar-refractivity contribution in [2.24, 2.45) is 0 Å². The van der Waals surface area contributed by atoms with Gasteiger partial charge in [-0.3, -0.25) is 9.59 Å². The number of amides is 1. The van der Waals surface area contributed by atoms with Gasteiger partial charge in [0.25, 0.3) is 0 Å². The van der Waals surface area contributed by atoms with Crippen molar-refractivity contribution in [2.45, 2.75) is 38.1 Å². The maximum absolute atomic E-state index is 12.7. The Labute approximate surface area is 161 Å². The van der Waals surface area contributed by atoms with Gasteiger partial charge in [-0.05, 0) is 42.9 Å². The molecule has 0 radical (unpaired) electrons. The summed E-state index contributed by atoms with van der Waals surface area (Å²) in [4.78, 5) is 35.7. The molecule has 0 spiro atoms. The number of carboxylic acid groups (broad SMARTS) is 1. The fraction of sp³-hybridized carbons (Fsp3) is 0.389. The highest BCUT2D eigenvalue weighted by Crippen LogP contribution is 2.32. The molecule has 0 heterocycles. The second-order valence-corrected chi connectivity index (χ2v) is 6.69. The first-order valence-corrected chi connectivity index (χ1v) is 8.85. The molecule has 1 amide bonds. The van der Waals surface area contributed by atoms with Gasteiger partial charge in [0.15, 0.2) is 0 Å². The zero-order valence-electron chi connectivity index (χ0n) is 14.1. The fourth-order valence-corrected chi connectivity index (χ4v) is 3.34. The van der Waals surface area contributed by atoms with Crippen molar-refractivity contribution in [1.29, 1.82) is 0 Å². The molecule has 0 saturated carbocycles. The van der Waals surface area contributed by atoms with E-state index in [9.17, 15) is 19.5 Å². The van der Waals surface area contributed by atoms with Gasteiger partial charge in [-0.2, -0.15) is 0 Å². The van der Waals surface area contributed by atoms with Gasteiger partial charge in [-0.1, -0.05) is 35.3 Å². The standard InChI is InChI=1S/C18H19Cl2NO5/c1-26-15(22)9-14(12-7-4-8-13(19)16(12)20)21-17(23)10-5-2-3-6-11(10)18(24)25/h4,7-8,14H,2-3,5-6,9H2,1H3,(H,21,23)(H,24,25)/p-1/t14-/m1/s1. The molecule has 1 atom stereocenters. The molecule has 1 aliphatic rings. The topological polar surface area (TPSA) is 95.5 Å². The lowest BCUT2D eigenvalue weighted by Crippen LogP contribution is -2.35. The molecule has 1 aromatic rings. The first-order chi connectivity index (χ1) is 12.3. The molecule has 8 heteroatoms. The van der Waals surface area contributed by atoms with Crippen LogP contribution in [0.5, 0.6) is 0 Å². The Morgan fingerprint density at radius 2 is 1.85 bits per heavy atom. The zero-order chi connectivity index (χ0) is 19.3. The average Bonchev–Trinajstić information content (AvgIpc) is 2.63. The van der Waals surface area contributed by atoms with Crippen LogP contribution in [0.25, 0.3) is 0 Å². The van der Waals surface area contributed by atoms with Crippen LogP contribution in [0, 0.1) is 0 Å². The Balaban J connectivity index is 2.34. The van der Waals surface area contributed by atoms with Crippen molar-refractivity contribution in [2.75, 3.05) is 7.11 Å². The van der Waals surface area contributed by atoms with E-state index in [1.165, 1.54) is 7.11 Å². The van der Waals surface area contributed by atoms with Crippen LogP contribution >= 0.6 is 23.2 Å². The number of nitrogens with one attached hydrogen (secondary N) is 1. The molecule has 1 N–H and O–H groups in total. The molecule has 140 valence electrons. The average molecular weight is 399 g/mol. The van der Waals surface area contributed by atoms with E-state index in [0.29, 0.717) is 24.8 Å². The molecule has 0 aromatic heterocycles. The monoisotopic (exact) mass is 398 g/mol. The molecule has 6 nitrogen and oxygen atoms in total. The predicted molar refractivity (Wildman–Crippen MR) is 94.5 cm³/mol. The summed E-state index contributed by atoms with van der Waals surface area (Å²) in [5.74, 6) is -2.46. The highest BCUT2D eigenvalue weighted by atomic mass is 35.5. The second kappa shape index (κ2) is 9.05. The molecular formula is C18H18Cl2NO5-. The van der Waals surface area contributed by atoms with Gasteiger partial charge in [-0.25, -0.2) is 0 Å². The molecule has 0 aliphatic heterocycles. The summed E-state index contributed by atoms with van der Waals surface area (Å²) >= 11 is 12.2. The summed E-state index contributed by atoms with van der Waals surface area (Å²) in [7, 11) is 1.23. The third-order valence-electron chi connectivity index (χ3n) is 4.25. The Kier molecular flexibility index (Phi) is 7.06. The van der Waals surface area contributed by atoms with E-state index < -0.39 is 23.9 Å². The molecule has 2 rings (SSSR count). The van der Waals surface area contributed by atoms with Gasteiger partial charge in [0, 0.05) is 5.57 Å². The lowest BCUT2D eigenvalue weighted by Gasteiger charge is -2.24.